The number of hydrogen-bond acceptors (Lipinski definition) is 2. The van der Waals surface area contributed by atoms with Gasteiger partial charge in [0.2, 0.25) is 0 Å². The Morgan fingerprint density at radius 3 is 1.76 bits per heavy atom. The summed E-state index contributed by atoms with van der Waals surface area (Å²) in [5.41, 5.74) is 0. The highest BCUT2D eigenvalue weighted by atomic mass is 127. The first-order valence-corrected chi connectivity index (χ1v) is 7.07. The third-order valence-corrected chi connectivity index (χ3v) is 3.26. The maximum atomic E-state index is 8.91. The van der Waals surface area contributed by atoms with Crippen molar-refractivity contribution < 1.29 is 5.11 Å². The topological polar surface area (TPSA) is 20.2 Å². The highest BCUT2D eigenvalue weighted by Crippen LogP contribution is 2.16. The minimum Gasteiger partial charge on any atom is -0.507 e. The Kier molecular flexibility index (Phi) is 7.42. The lowest BCUT2D eigenvalue weighted by atomic mass is 10.3. The van der Waals surface area contributed by atoms with E-state index in [4.69, 9.17) is 5.11 Å². The van der Waals surface area contributed by atoms with Crippen molar-refractivity contribution in [1.82, 2.24) is 0 Å². The molecule has 1 N–H and O–H groups in total. The molecular formula is C14H13IOS. The first-order valence-electron chi connectivity index (χ1n) is 5.04. The summed E-state index contributed by atoms with van der Waals surface area (Å²) in [6, 6.07) is 19.3. The Bertz CT molecular complexity index is 385. The second kappa shape index (κ2) is 9.01. The SMILES string of the molecule is Oc1ccccc1I.c1ccccsccc1. The van der Waals surface area contributed by atoms with Gasteiger partial charge in [-0.25, -0.2) is 0 Å². The average Bonchev–Trinajstić information content (AvgIpc) is 2.49. The molecule has 0 fully saturated rings. The highest BCUT2D eigenvalue weighted by molar-refractivity contribution is 14.1. The first-order chi connectivity index (χ1) is 8.30. The molecule has 1 aromatic carbocycles. The Labute approximate surface area is 119 Å². The molecular weight excluding hydrogens is 343 g/mol. The lowest BCUT2D eigenvalue weighted by Gasteiger charge is -1.90. The van der Waals surface area contributed by atoms with Crippen LogP contribution in [0.5, 0.6) is 5.75 Å². The zero-order valence-electron chi connectivity index (χ0n) is 9.16. The third kappa shape index (κ3) is 6.97. The quantitative estimate of drug-likeness (QED) is 0.668. The van der Waals surface area contributed by atoms with Crippen LogP contribution < -0.4 is 0 Å². The van der Waals surface area contributed by atoms with E-state index < -0.39 is 0 Å². The number of rotatable bonds is 0. The molecule has 0 bridgehead atoms. The van der Waals surface area contributed by atoms with Gasteiger partial charge in [-0.1, -0.05) is 48.5 Å². The van der Waals surface area contributed by atoms with E-state index in [9.17, 15) is 0 Å². The van der Waals surface area contributed by atoms with Crippen LogP contribution in [0.3, 0.4) is 0 Å². The third-order valence-electron chi connectivity index (χ3n) is 1.72. The van der Waals surface area contributed by atoms with E-state index >= 15 is 0 Å². The highest BCUT2D eigenvalue weighted by Gasteiger charge is 1.89. The van der Waals surface area contributed by atoms with Gasteiger partial charge < -0.3 is 5.11 Å². The summed E-state index contributed by atoms with van der Waals surface area (Å²) in [5, 5.41) is 13.0. The molecule has 88 valence electrons. The summed E-state index contributed by atoms with van der Waals surface area (Å²) in [4.78, 5) is 0. The van der Waals surface area contributed by atoms with Gasteiger partial charge in [-0.3, -0.25) is 0 Å². The lowest BCUT2D eigenvalue weighted by molar-refractivity contribution is 0.471. The largest absolute Gasteiger partial charge is 0.507 e. The van der Waals surface area contributed by atoms with Gasteiger partial charge in [-0.15, -0.1) is 0 Å². The van der Waals surface area contributed by atoms with Crippen molar-refractivity contribution in [1.29, 1.82) is 0 Å². The summed E-state index contributed by atoms with van der Waals surface area (Å²) in [6.07, 6.45) is 0. The van der Waals surface area contributed by atoms with Crippen LogP contribution >= 0.6 is 33.9 Å². The average molecular weight is 356 g/mol. The number of halogens is 1. The molecule has 0 aliphatic heterocycles. The Hall–Kier alpha value is -1.07. The fourth-order valence-corrected chi connectivity index (χ4v) is 1.78. The van der Waals surface area contributed by atoms with Crippen LogP contribution in [0.1, 0.15) is 0 Å². The van der Waals surface area contributed by atoms with E-state index in [1.165, 1.54) is 0 Å². The van der Waals surface area contributed by atoms with E-state index in [1.807, 2.05) is 59.3 Å². The van der Waals surface area contributed by atoms with E-state index in [0.29, 0.717) is 5.75 Å². The fourth-order valence-electron chi connectivity index (χ4n) is 0.935. The van der Waals surface area contributed by atoms with Crippen LogP contribution in [-0.4, -0.2) is 5.11 Å². The van der Waals surface area contributed by atoms with Crippen LogP contribution in [0, 0.1) is 3.57 Å². The van der Waals surface area contributed by atoms with Crippen LogP contribution in [0.15, 0.2) is 71.4 Å². The minimum atomic E-state index is 0.355. The van der Waals surface area contributed by atoms with Gasteiger partial charge in [0.1, 0.15) is 5.75 Å². The predicted molar refractivity (Wildman–Crippen MR) is 82.8 cm³/mol. The van der Waals surface area contributed by atoms with E-state index in [-0.39, 0.29) is 0 Å². The van der Waals surface area contributed by atoms with Crippen molar-refractivity contribution in [3.63, 3.8) is 0 Å². The molecule has 2 rings (SSSR count). The number of benzene rings is 1. The summed E-state index contributed by atoms with van der Waals surface area (Å²) < 4.78 is 0.894. The standard InChI is InChI=1S/C8H8S.C6H5IO/c1-2-4-6-8-9-7-5-3-1;7-5-3-1-2-4-6(5)8/h1-8H;1-4,8H. The summed E-state index contributed by atoms with van der Waals surface area (Å²) in [6.45, 7) is 0. The molecule has 0 amide bonds. The molecule has 1 aromatic heterocycles. The molecule has 1 heterocycles. The first kappa shape index (κ1) is 14.0. The Morgan fingerprint density at radius 2 is 1.29 bits per heavy atom. The number of phenols is 1. The van der Waals surface area contributed by atoms with Crippen molar-refractivity contribution in [2.45, 2.75) is 0 Å². The summed E-state index contributed by atoms with van der Waals surface area (Å²) in [7, 11) is 0. The molecule has 0 saturated heterocycles. The fraction of sp³-hybridized carbons (Fsp3) is 0. The Balaban J connectivity index is 0.000000171. The van der Waals surface area contributed by atoms with Gasteiger partial charge in [-0.2, -0.15) is 11.3 Å². The second-order valence-corrected chi connectivity index (χ2v) is 4.99. The number of hydrogen-bond donors (Lipinski definition) is 1. The molecule has 0 aliphatic carbocycles. The van der Waals surface area contributed by atoms with Crippen molar-refractivity contribution in [2.24, 2.45) is 0 Å². The molecule has 2 aromatic rings. The number of aromatic hydroxyl groups is 1. The van der Waals surface area contributed by atoms with Gasteiger partial charge in [-0.05, 0) is 45.5 Å². The van der Waals surface area contributed by atoms with Crippen LogP contribution in [0.25, 0.3) is 0 Å². The van der Waals surface area contributed by atoms with Gasteiger partial charge in [0, 0.05) is 0 Å². The molecule has 0 saturated carbocycles. The summed E-state index contributed by atoms with van der Waals surface area (Å²) in [5.74, 6) is 0.355. The van der Waals surface area contributed by atoms with Crippen molar-refractivity contribution in [3.05, 3.63) is 75.0 Å². The van der Waals surface area contributed by atoms with Gasteiger partial charge in [0.25, 0.3) is 0 Å². The smallest absolute Gasteiger partial charge is 0.128 e. The van der Waals surface area contributed by atoms with Crippen molar-refractivity contribution in [2.75, 3.05) is 0 Å². The van der Waals surface area contributed by atoms with Crippen molar-refractivity contribution in [3.8, 4) is 5.75 Å². The molecule has 0 unspecified atom stereocenters. The minimum absolute atomic E-state index is 0.355. The number of para-hydroxylation sites is 1. The maximum absolute atomic E-state index is 8.91. The molecule has 3 heteroatoms. The predicted octanol–water partition coefficient (Wildman–Crippen LogP) is 4.87. The van der Waals surface area contributed by atoms with E-state index in [2.05, 4.69) is 22.6 Å². The van der Waals surface area contributed by atoms with E-state index in [1.54, 1.807) is 23.5 Å². The molecule has 0 aliphatic rings. The van der Waals surface area contributed by atoms with Crippen LogP contribution in [-0.2, 0) is 0 Å². The van der Waals surface area contributed by atoms with E-state index in [0.717, 1.165) is 3.57 Å². The zero-order chi connectivity index (χ0) is 12.3. The van der Waals surface area contributed by atoms with Gasteiger partial charge >= 0.3 is 0 Å². The lowest BCUT2D eigenvalue weighted by Crippen LogP contribution is -1.67. The van der Waals surface area contributed by atoms with Crippen LogP contribution in [0.2, 0.25) is 0 Å². The Morgan fingerprint density at radius 1 is 0.765 bits per heavy atom. The zero-order valence-corrected chi connectivity index (χ0v) is 12.1. The second-order valence-electron chi connectivity index (χ2n) is 3.01. The normalized spacial score (nSPS) is 8.53. The monoisotopic (exact) mass is 356 g/mol. The van der Waals surface area contributed by atoms with Crippen molar-refractivity contribution >= 4 is 33.9 Å². The molecule has 0 atom stereocenters. The van der Waals surface area contributed by atoms with Crippen LogP contribution in [0.4, 0.5) is 0 Å². The molecule has 1 nitrogen and oxygen atoms in total. The molecule has 0 radical (unpaired) electrons. The maximum Gasteiger partial charge on any atom is 0.128 e. The molecule has 0 spiro atoms. The van der Waals surface area contributed by atoms with Gasteiger partial charge in [0.05, 0.1) is 3.57 Å². The summed E-state index contributed by atoms with van der Waals surface area (Å²) >= 11 is 3.75. The molecule has 17 heavy (non-hydrogen) atoms. The van der Waals surface area contributed by atoms with Gasteiger partial charge in [0.15, 0.2) is 0 Å². The number of phenolic OH excluding ortho intramolecular Hbond substituents is 1.